The molecule has 1 N–H and O–H groups in total. The van der Waals surface area contributed by atoms with Crippen LogP contribution < -0.4 is 14.2 Å². The highest BCUT2D eigenvalue weighted by Gasteiger charge is 2.18. The maximum Gasteiger partial charge on any atom is 0.165 e. The Bertz CT molecular complexity index is 732. The van der Waals surface area contributed by atoms with E-state index in [0.717, 1.165) is 29.2 Å². The standard InChI is InChI=1S/C23H33NO4/c1-17(2)13-24(14-19-10-8-12-22(26-4)23(19)27-5)15-20(25)16-28-21-11-7-6-9-18(21)3/h6-12,17,20,25H,13-16H2,1-5H3/t20-/m0/s1. The molecule has 2 aromatic rings. The van der Waals surface area contributed by atoms with Gasteiger partial charge in [-0.05, 0) is 30.5 Å². The van der Waals surface area contributed by atoms with E-state index >= 15 is 0 Å². The Morgan fingerprint density at radius 3 is 2.29 bits per heavy atom. The van der Waals surface area contributed by atoms with Crippen molar-refractivity contribution in [3.63, 3.8) is 0 Å². The number of aliphatic hydroxyl groups excluding tert-OH is 1. The topological polar surface area (TPSA) is 51.2 Å². The molecule has 0 aliphatic rings. The molecular weight excluding hydrogens is 354 g/mol. The van der Waals surface area contributed by atoms with Crippen LogP contribution in [0.4, 0.5) is 0 Å². The Morgan fingerprint density at radius 1 is 0.929 bits per heavy atom. The molecule has 5 heteroatoms. The lowest BCUT2D eigenvalue weighted by molar-refractivity contribution is 0.0609. The monoisotopic (exact) mass is 387 g/mol. The summed E-state index contributed by atoms with van der Waals surface area (Å²) in [6.45, 7) is 8.65. The van der Waals surface area contributed by atoms with Crippen molar-refractivity contribution in [2.45, 2.75) is 33.4 Å². The number of methoxy groups -OCH3 is 2. The molecule has 0 aromatic heterocycles. The van der Waals surface area contributed by atoms with E-state index in [1.165, 1.54) is 0 Å². The van der Waals surface area contributed by atoms with Gasteiger partial charge in [0.1, 0.15) is 18.5 Å². The van der Waals surface area contributed by atoms with Gasteiger partial charge in [0.15, 0.2) is 11.5 Å². The molecule has 0 bridgehead atoms. The van der Waals surface area contributed by atoms with Crippen LogP contribution in [0.15, 0.2) is 42.5 Å². The smallest absolute Gasteiger partial charge is 0.165 e. The molecule has 0 unspecified atom stereocenters. The maximum absolute atomic E-state index is 10.6. The predicted molar refractivity (Wildman–Crippen MR) is 112 cm³/mol. The second kappa shape index (κ2) is 10.9. The molecule has 28 heavy (non-hydrogen) atoms. The molecule has 1 atom stereocenters. The Morgan fingerprint density at radius 2 is 1.64 bits per heavy atom. The lowest BCUT2D eigenvalue weighted by atomic mass is 10.1. The molecule has 0 radical (unpaired) electrons. The van der Waals surface area contributed by atoms with E-state index < -0.39 is 6.10 Å². The van der Waals surface area contributed by atoms with Crippen molar-refractivity contribution in [2.24, 2.45) is 5.92 Å². The molecule has 0 saturated carbocycles. The molecule has 0 aliphatic heterocycles. The van der Waals surface area contributed by atoms with Crippen LogP contribution in [0.3, 0.4) is 0 Å². The number of benzene rings is 2. The lowest BCUT2D eigenvalue weighted by Gasteiger charge is -2.27. The van der Waals surface area contributed by atoms with Crippen molar-refractivity contribution >= 4 is 0 Å². The number of aryl methyl sites for hydroxylation is 1. The van der Waals surface area contributed by atoms with E-state index in [4.69, 9.17) is 14.2 Å². The lowest BCUT2D eigenvalue weighted by Crippen LogP contribution is -2.37. The first-order valence-electron chi connectivity index (χ1n) is 9.73. The fourth-order valence-corrected chi connectivity index (χ4v) is 3.29. The molecule has 0 saturated heterocycles. The van der Waals surface area contributed by atoms with Crippen molar-refractivity contribution in [1.29, 1.82) is 0 Å². The van der Waals surface area contributed by atoms with Crippen molar-refractivity contribution in [2.75, 3.05) is 33.9 Å². The van der Waals surface area contributed by atoms with Gasteiger partial charge in [-0.2, -0.15) is 0 Å². The fourth-order valence-electron chi connectivity index (χ4n) is 3.29. The van der Waals surface area contributed by atoms with Crippen molar-refractivity contribution < 1.29 is 19.3 Å². The summed E-state index contributed by atoms with van der Waals surface area (Å²) >= 11 is 0. The van der Waals surface area contributed by atoms with Gasteiger partial charge >= 0.3 is 0 Å². The second-order valence-electron chi connectivity index (χ2n) is 7.47. The van der Waals surface area contributed by atoms with Gasteiger partial charge in [0.25, 0.3) is 0 Å². The summed E-state index contributed by atoms with van der Waals surface area (Å²) in [6.07, 6.45) is -0.588. The summed E-state index contributed by atoms with van der Waals surface area (Å²) in [4.78, 5) is 2.23. The molecule has 0 fully saturated rings. The molecular formula is C23H33NO4. The van der Waals surface area contributed by atoms with Gasteiger partial charge in [0.05, 0.1) is 14.2 Å². The van der Waals surface area contributed by atoms with Gasteiger partial charge in [-0.1, -0.05) is 44.2 Å². The number of ether oxygens (including phenoxy) is 3. The highest BCUT2D eigenvalue weighted by atomic mass is 16.5. The SMILES string of the molecule is COc1cccc(CN(CC(C)C)C[C@H](O)COc2ccccc2C)c1OC. The van der Waals surface area contributed by atoms with Crippen LogP contribution in [0.25, 0.3) is 0 Å². The minimum absolute atomic E-state index is 0.259. The summed E-state index contributed by atoms with van der Waals surface area (Å²) in [5.74, 6) is 2.74. The third-order valence-corrected chi connectivity index (χ3v) is 4.50. The van der Waals surface area contributed by atoms with Crippen molar-refractivity contribution in [1.82, 2.24) is 4.90 Å². The largest absolute Gasteiger partial charge is 0.493 e. The van der Waals surface area contributed by atoms with Crippen LogP contribution in [-0.2, 0) is 6.54 Å². The highest BCUT2D eigenvalue weighted by Crippen LogP contribution is 2.31. The zero-order chi connectivity index (χ0) is 20.5. The van der Waals surface area contributed by atoms with Crippen LogP contribution in [0.1, 0.15) is 25.0 Å². The van der Waals surface area contributed by atoms with E-state index in [2.05, 4.69) is 18.7 Å². The van der Waals surface area contributed by atoms with Crippen LogP contribution in [-0.4, -0.2) is 50.0 Å². The van der Waals surface area contributed by atoms with Gasteiger partial charge in [-0.25, -0.2) is 0 Å². The van der Waals surface area contributed by atoms with Gasteiger partial charge in [0, 0.05) is 25.2 Å². The average molecular weight is 388 g/mol. The fraction of sp³-hybridized carbons (Fsp3) is 0.478. The first-order valence-corrected chi connectivity index (χ1v) is 9.73. The van der Waals surface area contributed by atoms with Gasteiger partial charge < -0.3 is 19.3 Å². The first-order chi connectivity index (χ1) is 13.4. The molecule has 0 heterocycles. The molecule has 0 spiro atoms. The van der Waals surface area contributed by atoms with Crippen molar-refractivity contribution in [3.05, 3.63) is 53.6 Å². The second-order valence-corrected chi connectivity index (χ2v) is 7.47. The Kier molecular flexibility index (Phi) is 8.61. The summed E-state index contributed by atoms with van der Waals surface area (Å²) in [5.41, 5.74) is 2.10. The van der Waals surface area contributed by atoms with E-state index in [9.17, 15) is 5.11 Å². The van der Waals surface area contributed by atoms with Gasteiger partial charge in [0.2, 0.25) is 0 Å². The van der Waals surface area contributed by atoms with Gasteiger partial charge in [-0.3, -0.25) is 4.90 Å². The predicted octanol–water partition coefficient (Wildman–Crippen LogP) is 3.91. The summed E-state index contributed by atoms with van der Waals surface area (Å²) in [7, 11) is 3.29. The van der Waals surface area contributed by atoms with Crippen LogP contribution in [0.2, 0.25) is 0 Å². The Hall–Kier alpha value is -2.24. The van der Waals surface area contributed by atoms with E-state index in [1.54, 1.807) is 14.2 Å². The number of para-hydroxylation sites is 2. The number of nitrogens with zero attached hydrogens (tertiary/aromatic N) is 1. The number of aliphatic hydroxyl groups is 1. The summed E-state index contributed by atoms with van der Waals surface area (Å²) < 4.78 is 16.8. The van der Waals surface area contributed by atoms with E-state index in [0.29, 0.717) is 24.8 Å². The van der Waals surface area contributed by atoms with Gasteiger partial charge in [-0.15, -0.1) is 0 Å². The molecule has 2 rings (SSSR count). The minimum Gasteiger partial charge on any atom is -0.493 e. The van der Waals surface area contributed by atoms with Crippen molar-refractivity contribution in [3.8, 4) is 17.2 Å². The summed E-state index contributed by atoms with van der Waals surface area (Å²) in [5, 5.41) is 10.6. The normalized spacial score (nSPS) is 12.3. The Balaban J connectivity index is 2.04. The van der Waals surface area contributed by atoms with E-state index in [-0.39, 0.29) is 6.61 Å². The molecule has 2 aromatic carbocycles. The van der Waals surface area contributed by atoms with E-state index in [1.807, 2.05) is 49.4 Å². The minimum atomic E-state index is -0.588. The quantitative estimate of drug-likeness (QED) is 0.634. The average Bonchev–Trinajstić information content (AvgIpc) is 2.66. The number of hydrogen-bond acceptors (Lipinski definition) is 5. The van der Waals surface area contributed by atoms with Crippen LogP contribution in [0, 0.1) is 12.8 Å². The molecule has 154 valence electrons. The number of hydrogen-bond donors (Lipinski definition) is 1. The Labute approximate surface area is 168 Å². The molecule has 5 nitrogen and oxygen atoms in total. The van der Waals surface area contributed by atoms with Crippen LogP contribution in [0.5, 0.6) is 17.2 Å². The maximum atomic E-state index is 10.6. The molecule has 0 amide bonds. The third kappa shape index (κ3) is 6.43. The summed E-state index contributed by atoms with van der Waals surface area (Å²) in [6, 6.07) is 13.7. The van der Waals surface area contributed by atoms with Crippen LogP contribution >= 0.6 is 0 Å². The zero-order valence-corrected chi connectivity index (χ0v) is 17.6. The molecule has 0 aliphatic carbocycles. The zero-order valence-electron chi connectivity index (χ0n) is 17.6. The highest BCUT2D eigenvalue weighted by molar-refractivity contribution is 5.46. The number of rotatable bonds is 11. The first kappa shape index (κ1) is 22.1. The third-order valence-electron chi connectivity index (χ3n) is 4.50.